The molecular weight excluding hydrogens is 616 g/mol. The lowest BCUT2D eigenvalue weighted by Gasteiger charge is -1.72. The standard InChI is InChI=1S/7C2H2O4/c7*3-1(4)2(5)6/h7*(H,3,4)(H,5,6). The molecular formula is C14H14O28. The highest BCUT2D eigenvalue weighted by atomic mass is 16.5. The molecule has 0 heterocycles. The van der Waals surface area contributed by atoms with Crippen LogP contribution in [0.2, 0.25) is 0 Å². The number of aliphatic carboxylic acids is 14. The first-order chi connectivity index (χ1) is 18.5. The molecule has 0 atom stereocenters. The average Bonchev–Trinajstić information content (AvgIpc) is 2.80. The number of hydrogen-bond donors (Lipinski definition) is 14. The van der Waals surface area contributed by atoms with E-state index in [1.807, 2.05) is 0 Å². The van der Waals surface area contributed by atoms with Crippen LogP contribution in [-0.2, 0) is 67.1 Å². The Bertz CT molecular complexity index is 737. The molecule has 0 bridgehead atoms. The summed E-state index contributed by atoms with van der Waals surface area (Å²) in [5.74, 6) is -25.5. The zero-order valence-corrected chi connectivity index (χ0v) is 19.0. The molecule has 28 nitrogen and oxygen atoms in total. The van der Waals surface area contributed by atoms with E-state index in [9.17, 15) is 0 Å². The largest absolute Gasteiger partial charge is 0.473 e. The SMILES string of the molecule is O=C(O)C(=O)O.O=C(O)C(=O)O.O=C(O)C(=O)O.O=C(O)C(=O)O.O=C(O)C(=O)O.O=C(O)C(=O)O.O=C(O)C(=O)O. The van der Waals surface area contributed by atoms with Crippen LogP contribution in [0.1, 0.15) is 0 Å². The molecule has 0 radical (unpaired) electrons. The molecule has 0 aromatic rings. The third kappa shape index (κ3) is 76.7. The van der Waals surface area contributed by atoms with Crippen LogP contribution in [0.15, 0.2) is 0 Å². The molecule has 0 spiro atoms. The second-order valence-electron chi connectivity index (χ2n) is 4.27. The maximum Gasteiger partial charge on any atom is 0.414 e. The minimum Gasteiger partial charge on any atom is -0.473 e. The van der Waals surface area contributed by atoms with Gasteiger partial charge in [0.05, 0.1) is 0 Å². The zero-order chi connectivity index (χ0) is 36.1. The van der Waals surface area contributed by atoms with Gasteiger partial charge >= 0.3 is 83.6 Å². The van der Waals surface area contributed by atoms with Crippen molar-refractivity contribution in [2.24, 2.45) is 0 Å². The Morgan fingerprint density at radius 3 is 0.167 bits per heavy atom. The topological polar surface area (TPSA) is 522 Å². The lowest BCUT2D eigenvalue weighted by molar-refractivity contribution is -0.159. The van der Waals surface area contributed by atoms with Crippen molar-refractivity contribution >= 4 is 83.6 Å². The van der Waals surface area contributed by atoms with Gasteiger partial charge < -0.3 is 71.5 Å². The Labute approximate surface area is 223 Å². The molecule has 14 N–H and O–H groups in total. The van der Waals surface area contributed by atoms with E-state index in [1.165, 1.54) is 0 Å². The van der Waals surface area contributed by atoms with Crippen molar-refractivity contribution in [3.8, 4) is 0 Å². The van der Waals surface area contributed by atoms with Gasteiger partial charge in [-0.3, -0.25) is 0 Å². The highest BCUT2D eigenvalue weighted by molar-refractivity contribution is 6.29. The number of rotatable bonds is 0. The second kappa shape index (κ2) is 29.8. The summed E-state index contributed by atoms with van der Waals surface area (Å²) in [7, 11) is 0. The van der Waals surface area contributed by atoms with Crippen LogP contribution in [0.3, 0.4) is 0 Å². The van der Waals surface area contributed by atoms with E-state index in [1.54, 1.807) is 0 Å². The molecule has 0 aromatic carbocycles. The van der Waals surface area contributed by atoms with Crippen LogP contribution < -0.4 is 0 Å². The molecule has 28 heteroatoms. The summed E-state index contributed by atoms with van der Waals surface area (Å²) in [5.41, 5.74) is 0. The van der Waals surface area contributed by atoms with Crippen LogP contribution in [0.4, 0.5) is 0 Å². The summed E-state index contributed by atoms with van der Waals surface area (Å²) in [6.07, 6.45) is 0. The summed E-state index contributed by atoms with van der Waals surface area (Å²) < 4.78 is 0. The normalized spacial score (nSPS) is 7.33. The van der Waals surface area contributed by atoms with Gasteiger partial charge in [-0.15, -0.1) is 0 Å². The van der Waals surface area contributed by atoms with E-state index < -0.39 is 83.6 Å². The summed E-state index contributed by atoms with van der Waals surface area (Å²) in [5, 5.41) is 103. The molecule has 238 valence electrons. The van der Waals surface area contributed by atoms with Crippen molar-refractivity contribution in [3.05, 3.63) is 0 Å². The Morgan fingerprint density at radius 2 is 0.167 bits per heavy atom. The summed E-state index contributed by atoms with van der Waals surface area (Å²) in [6.45, 7) is 0. The van der Waals surface area contributed by atoms with Crippen molar-refractivity contribution in [3.63, 3.8) is 0 Å². The molecule has 0 unspecified atom stereocenters. The molecule has 0 aliphatic carbocycles. The third-order valence-electron chi connectivity index (χ3n) is 1.28. The van der Waals surface area contributed by atoms with Gasteiger partial charge in [-0.05, 0) is 0 Å². The van der Waals surface area contributed by atoms with Crippen molar-refractivity contribution in [2.75, 3.05) is 0 Å². The maximum atomic E-state index is 9.10. The van der Waals surface area contributed by atoms with Gasteiger partial charge in [-0.25, -0.2) is 67.1 Å². The Balaban J connectivity index is -0.0000000681. The van der Waals surface area contributed by atoms with Gasteiger partial charge in [0, 0.05) is 0 Å². The number of carboxylic acid groups (broad SMARTS) is 14. The summed E-state index contributed by atoms with van der Waals surface area (Å²) >= 11 is 0. The smallest absolute Gasteiger partial charge is 0.414 e. The molecule has 0 fully saturated rings. The highest BCUT2D eigenvalue weighted by Gasteiger charge is 2.06. The van der Waals surface area contributed by atoms with Gasteiger partial charge in [-0.1, -0.05) is 0 Å². The lowest BCUT2D eigenvalue weighted by Crippen LogP contribution is -2.09. The van der Waals surface area contributed by atoms with Crippen molar-refractivity contribution in [1.29, 1.82) is 0 Å². The average molecular weight is 630 g/mol. The fraction of sp³-hybridized carbons (Fsp3) is 0. The van der Waals surface area contributed by atoms with E-state index in [0.29, 0.717) is 0 Å². The van der Waals surface area contributed by atoms with Crippen LogP contribution in [0, 0.1) is 0 Å². The highest BCUT2D eigenvalue weighted by Crippen LogP contribution is 1.59. The maximum absolute atomic E-state index is 9.10. The number of carbonyl (C=O) groups is 14. The van der Waals surface area contributed by atoms with Gasteiger partial charge in [0.1, 0.15) is 0 Å². The van der Waals surface area contributed by atoms with E-state index in [0.717, 1.165) is 0 Å². The van der Waals surface area contributed by atoms with Crippen molar-refractivity contribution in [2.45, 2.75) is 0 Å². The Hall–Kier alpha value is -7.42. The molecule has 42 heavy (non-hydrogen) atoms. The van der Waals surface area contributed by atoms with Gasteiger partial charge in [0.2, 0.25) is 0 Å². The molecule has 0 amide bonds. The van der Waals surface area contributed by atoms with Crippen molar-refractivity contribution < 1.29 is 139 Å². The van der Waals surface area contributed by atoms with Crippen LogP contribution >= 0.6 is 0 Å². The van der Waals surface area contributed by atoms with E-state index >= 15 is 0 Å². The predicted molar refractivity (Wildman–Crippen MR) is 107 cm³/mol. The van der Waals surface area contributed by atoms with Crippen LogP contribution in [-0.4, -0.2) is 155 Å². The summed E-state index contributed by atoms with van der Waals surface area (Å²) in [6, 6.07) is 0. The lowest BCUT2D eigenvalue weighted by atomic mass is 10.7. The molecule has 0 saturated heterocycles. The first-order valence-electron chi connectivity index (χ1n) is 7.74. The fourth-order valence-corrected chi connectivity index (χ4v) is 0. The Kier molecular flexibility index (Phi) is 36.4. The van der Waals surface area contributed by atoms with E-state index in [-0.39, 0.29) is 0 Å². The molecule has 0 aromatic heterocycles. The summed E-state index contributed by atoms with van der Waals surface area (Å²) in [4.78, 5) is 127. The molecule has 0 aliphatic heterocycles. The first-order valence-corrected chi connectivity index (χ1v) is 7.74. The minimum atomic E-state index is -1.82. The van der Waals surface area contributed by atoms with E-state index in [2.05, 4.69) is 0 Å². The first kappa shape index (κ1) is 51.3. The second-order valence-corrected chi connectivity index (χ2v) is 4.27. The van der Waals surface area contributed by atoms with Crippen LogP contribution in [0.25, 0.3) is 0 Å². The molecule has 0 rings (SSSR count). The third-order valence-corrected chi connectivity index (χ3v) is 1.28. The number of carboxylic acids is 14. The number of hydrogen-bond acceptors (Lipinski definition) is 14. The monoisotopic (exact) mass is 630 g/mol. The molecule has 0 saturated carbocycles. The van der Waals surface area contributed by atoms with Gasteiger partial charge in [-0.2, -0.15) is 0 Å². The van der Waals surface area contributed by atoms with E-state index in [4.69, 9.17) is 139 Å². The zero-order valence-electron chi connectivity index (χ0n) is 19.0. The minimum absolute atomic E-state index is 1.82. The molecule has 0 aliphatic rings. The van der Waals surface area contributed by atoms with Gasteiger partial charge in [0.25, 0.3) is 0 Å². The predicted octanol–water partition coefficient (Wildman–Crippen LogP) is -5.91. The van der Waals surface area contributed by atoms with Crippen LogP contribution in [0.5, 0.6) is 0 Å². The fourth-order valence-electron chi connectivity index (χ4n) is 0. The van der Waals surface area contributed by atoms with Gasteiger partial charge in [0.15, 0.2) is 0 Å². The quantitative estimate of drug-likeness (QED) is 0.111. The Morgan fingerprint density at radius 1 is 0.143 bits per heavy atom. The van der Waals surface area contributed by atoms with Crippen molar-refractivity contribution in [1.82, 2.24) is 0 Å².